The van der Waals surface area contributed by atoms with E-state index in [1.165, 1.54) is 12.1 Å². The molecule has 2 heterocycles. The van der Waals surface area contributed by atoms with Gasteiger partial charge in [0.15, 0.2) is 11.0 Å². The summed E-state index contributed by atoms with van der Waals surface area (Å²) in [5.41, 5.74) is 2.61. The van der Waals surface area contributed by atoms with Crippen molar-refractivity contribution in [1.82, 2.24) is 19.7 Å². The van der Waals surface area contributed by atoms with Crippen molar-refractivity contribution < 1.29 is 9.13 Å². The van der Waals surface area contributed by atoms with Crippen LogP contribution in [0.25, 0.3) is 11.4 Å². The van der Waals surface area contributed by atoms with Crippen LogP contribution in [0.3, 0.4) is 0 Å². The minimum absolute atomic E-state index is 0.270. The third kappa shape index (κ3) is 5.05. The smallest absolute Gasteiger partial charge is 0.191 e. The highest BCUT2D eigenvalue weighted by atomic mass is 32.2. The lowest BCUT2D eigenvalue weighted by Gasteiger charge is -2.27. The highest BCUT2D eigenvalue weighted by Gasteiger charge is 2.17. The van der Waals surface area contributed by atoms with Crippen LogP contribution >= 0.6 is 11.8 Å². The summed E-state index contributed by atoms with van der Waals surface area (Å²) in [5.74, 6) is 1.20. The molecule has 1 aromatic heterocycles. The van der Waals surface area contributed by atoms with Crippen LogP contribution < -0.4 is 0 Å². The molecule has 0 unspecified atom stereocenters. The molecule has 154 valence electrons. The SMILES string of the molecule is N#Cc1ccc(CSc2nnc(-c3ccc(F)cc3)n2CCN2CCOCC2)cc1. The van der Waals surface area contributed by atoms with E-state index in [-0.39, 0.29) is 5.82 Å². The maximum Gasteiger partial charge on any atom is 0.191 e. The van der Waals surface area contributed by atoms with Crippen LogP contribution in [0.15, 0.2) is 53.7 Å². The summed E-state index contributed by atoms with van der Waals surface area (Å²) in [6.45, 7) is 4.97. The molecule has 1 aliphatic rings. The van der Waals surface area contributed by atoms with E-state index in [4.69, 9.17) is 10.00 Å². The van der Waals surface area contributed by atoms with E-state index in [1.54, 1.807) is 23.9 Å². The van der Waals surface area contributed by atoms with E-state index in [0.29, 0.717) is 5.56 Å². The summed E-state index contributed by atoms with van der Waals surface area (Å²) in [6, 6.07) is 16.1. The number of hydrogen-bond donors (Lipinski definition) is 0. The largest absolute Gasteiger partial charge is 0.379 e. The molecule has 1 aliphatic heterocycles. The fourth-order valence-electron chi connectivity index (χ4n) is 3.30. The highest BCUT2D eigenvalue weighted by Crippen LogP contribution is 2.27. The van der Waals surface area contributed by atoms with E-state index < -0.39 is 0 Å². The van der Waals surface area contributed by atoms with Gasteiger partial charge in [0, 0.05) is 37.5 Å². The first-order chi connectivity index (χ1) is 14.7. The number of morpholine rings is 1. The number of halogens is 1. The van der Waals surface area contributed by atoms with Gasteiger partial charge < -0.3 is 9.30 Å². The third-order valence-corrected chi connectivity index (χ3v) is 6.05. The van der Waals surface area contributed by atoms with Gasteiger partial charge in [-0.05, 0) is 42.0 Å². The van der Waals surface area contributed by atoms with Crippen LogP contribution in [-0.4, -0.2) is 52.5 Å². The van der Waals surface area contributed by atoms with Crippen molar-refractivity contribution in [2.45, 2.75) is 17.5 Å². The summed E-state index contributed by atoms with van der Waals surface area (Å²) in [6.07, 6.45) is 0. The van der Waals surface area contributed by atoms with Crippen molar-refractivity contribution in [3.63, 3.8) is 0 Å². The van der Waals surface area contributed by atoms with Crippen LogP contribution in [0.1, 0.15) is 11.1 Å². The minimum atomic E-state index is -0.270. The van der Waals surface area contributed by atoms with Crippen molar-refractivity contribution in [2.24, 2.45) is 0 Å². The zero-order valence-electron chi connectivity index (χ0n) is 16.5. The summed E-state index contributed by atoms with van der Waals surface area (Å²) >= 11 is 1.61. The zero-order valence-corrected chi connectivity index (χ0v) is 17.3. The van der Waals surface area contributed by atoms with E-state index in [2.05, 4.69) is 25.7 Å². The fraction of sp³-hybridized carbons (Fsp3) is 0.318. The van der Waals surface area contributed by atoms with Crippen LogP contribution in [0.4, 0.5) is 4.39 Å². The van der Waals surface area contributed by atoms with E-state index in [1.807, 2.05) is 24.3 Å². The topological polar surface area (TPSA) is 67.0 Å². The quantitative estimate of drug-likeness (QED) is 0.541. The summed E-state index contributed by atoms with van der Waals surface area (Å²) in [5, 5.41) is 18.6. The lowest BCUT2D eigenvalue weighted by Crippen LogP contribution is -2.38. The molecule has 0 radical (unpaired) electrons. The predicted octanol–water partition coefficient (Wildman–Crippen LogP) is 3.58. The van der Waals surface area contributed by atoms with Crippen molar-refractivity contribution >= 4 is 11.8 Å². The number of rotatable bonds is 7. The third-order valence-electron chi connectivity index (χ3n) is 5.01. The van der Waals surface area contributed by atoms with Gasteiger partial charge in [0.05, 0.1) is 24.8 Å². The Balaban J connectivity index is 1.53. The summed E-state index contributed by atoms with van der Waals surface area (Å²) in [4.78, 5) is 2.37. The van der Waals surface area contributed by atoms with E-state index in [0.717, 1.165) is 67.3 Å². The van der Waals surface area contributed by atoms with Gasteiger partial charge in [0.25, 0.3) is 0 Å². The standard InChI is InChI=1S/C22H22FN5OS/c23-20-7-5-19(6-8-20)21-25-26-22(28(21)10-9-27-11-13-29-14-12-27)30-16-18-3-1-17(15-24)2-4-18/h1-8H,9-14,16H2. The van der Waals surface area contributed by atoms with Gasteiger partial charge in [-0.3, -0.25) is 4.90 Å². The Morgan fingerprint density at radius 3 is 2.43 bits per heavy atom. The number of nitriles is 1. The van der Waals surface area contributed by atoms with Crippen LogP contribution in [0, 0.1) is 17.1 Å². The average molecular weight is 424 g/mol. The molecule has 0 spiro atoms. The molecular weight excluding hydrogens is 401 g/mol. The Kier molecular flexibility index (Phi) is 6.74. The number of aromatic nitrogens is 3. The lowest BCUT2D eigenvalue weighted by molar-refractivity contribution is 0.0361. The maximum atomic E-state index is 13.4. The maximum absolute atomic E-state index is 13.4. The van der Waals surface area contributed by atoms with Gasteiger partial charge in [-0.1, -0.05) is 23.9 Å². The molecule has 3 aromatic rings. The average Bonchev–Trinajstić information content (AvgIpc) is 3.20. The summed E-state index contributed by atoms with van der Waals surface area (Å²) in [7, 11) is 0. The molecule has 2 aromatic carbocycles. The molecule has 0 N–H and O–H groups in total. The molecule has 0 bridgehead atoms. The van der Waals surface area contributed by atoms with Gasteiger partial charge >= 0.3 is 0 Å². The second kappa shape index (κ2) is 9.85. The van der Waals surface area contributed by atoms with E-state index >= 15 is 0 Å². The molecule has 0 aliphatic carbocycles. The first-order valence-electron chi connectivity index (χ1n) is 9.84. The van der Waals surface area contributed by atoms with Crippen LogP contribution in [-0.2, 0) is 17.0 Å². The number of nitrogens with zero attached hydrogens (tertiary/aromatic N) is 5. The number of ether oxygens (including phenoxy) is 1. The molecule has 6 nitrogen and oxygen atoms in total. The van der Waals surface area contributed by atoms with Gasteiger partial charge in [0.2, 0.25) is 0 Å². The Hall–Kier alpha value is -2.73. The highest BCUT2D eigenvalue weighted by molar-refractivity contribution is 7.98. The van der Waals surface area contributed by atoms with Gasteiger partial charge in [0.1, 0.15) is 5.82 Å². The first kappa shape index (κ1) is 20.5. The van der Waals surface area contributed by atoms with Crippen LogP contribution in [0.5, 0.6) is 0 Å². The molecule has 30 heavy (non-hydrogen) atoms. The minimum Gasteiger partial charge on any atom is -0.379 e. The zero-order chi connectivity index (χ0) is 20.8. The fourth-order valence-corrected chi connectivity index (χ4v) is 4.22. The normalized spacial score (nSPS) is 14.5. The van der Waals surface area contributed by atoms with E-state index in [9.17, 15) is 4.39 Å². The molecule has 0 saturated carbocycles. The second-order valence-electron chi connectivity index (χ2n) is 7.02. The van der Waals surface area contributed by atoms with Crippen LogP contribution in [0.2, 0.25) is 0 Å². The lowest BCUT2D eigenvalue weighted by atomic mass is 10.2. The van der Waals surface area contributed by atoms with Crippen molar-refractivity contribution in [1.29, 1.82) is 5.26 Å². The molecule has 0 atom stereocenters. The van der Waals surface area contributed by atoms with Crippen molar-refractivity contribution in [3.8, 4) is 17.5 Å². The molecular formula is C22H22FN5OS. The molecule has 1 fully saturated rings. The molecule has 1 saturated heterocycles. The Morgan fingerprint density at radius 1 is 1.00 bits per heavy atom. The first-order valence-corrected chi connectivity index (χ1v) is 10.8. The molecule has 4 rings (SSSR count). The molecule has 0 amide bonds. The number of hydrogen-bond acceptors (Lipinski definition) is 6. The Bertz CT molecular complexity index is 1010. The molecule has 8 heteroatoms. The number of thioether (sulfide) groups is 1. The van der Waals surface area contributed by atoms with Crippen molar-refractivity contribution in [3.05, 3.63) is 65.5 Å². The Morgan fingerprint density at radius 2 is 1.73 bits per heavy atom. The van der Waals surface area contributed by atoms with Gasteiger partial charge in [-0.25, -0.2) is 4.39 Å². The van der Waals surface area contributed by atoms with Gasteiger partial charge in [-0.2, -0.15) is 5.26 Å². The second-order valence-corrected chi connectivity index (χ2v) is 7.96. The van der Waals surface area contributed by atoms with Crippen molar-refractivity contribution in [2.75, 3.05) is 32.8 Å². The Labute approximate surface area is 179 Å². The number of benzene rings is 2. The predicted molar refractivity (Wildman–Crippen MR) is 113 cm³/mol. The van der Waals surface area contributed by atoms with Gasteiger partial charge in [-0.15, -0.1) is 10.2 Å². The summed E-state index contributed by atoms with van der Waals surface area (Å²) < 4.78 is 20.9. The monoisotopic (exact) mass is 423 g/mol.